The Morgan fingerprint density at radius 1 is 0.630 bits per heavy atom. The number of hydrogen-bond acceptors (Lipinski definition) is 11. The zero-order valence-electron chi connectivity index (χ0n) is 25.1. The van der Waals surface area contributed by atoms with Gasteiger partial charge in [0, 0.05) is 31.0 Å². The van der Waals surface area contributed by atoms with E-state index in [0.717, 1.165) is 12.8 Å². The van der Waals surface area contributed by atoms with Crippen LogP contribution >= 0.6 is 0 Å². The molecular formula is C27H40N8O9S2. The van der Waals surface area contributed by atoms with Crippen molar-refractivity contribution in [2.45, 2.75) is 29.1 Å². The predicted molar refractivity (Wildman–Crippen MR) is 169 cm³/mol. The van der Waals surface area contributed by atoms with Crippen LogP contribution in [0.15, 0.2) is 58.3 Å². The third-order valence-corrected chi connectivity index (χ3v) is 8.19. The van der Waals surface area contributed by atoms with Crippen LogP contribution in [0.3, 0.4) is 0 Å². The molecule has 0 fully saturated rings. The number of nitrogens with one attached hydrogen (secondary N) is 3. The van der Waals surface area contributed by atoms with Gasteiger partial charge in [0.15, 0.2) is 0 Å². The summed E-state index contributed by atoms with van der Waals surface area (Å²) in [6, 6.07) is 10.2. The number of rotatable bonds is 20. The molecule has 0 atom stereocenters. The first kappa shape index (κ1) is 38.2. The summed E-state index contributed by atoms with van der Waals surface area (Å²) >= 11 is 0. The fourth-order valence-corrected chi connectivity index (χ4v) is 5.13. The van der Waals surface area contributed by atoms with E-state index in [0.29, 0.717) is 19.5 Å². The van der Waals surface area contributed by atoms with Gasteiger partial charge in [-0.05, 0) is 67.9 Å². The largest absolute Gasteiger partial charge is 0.480 e. The van der Waals surface area contributed by atoms with E-state index in [-0.39, 0.29) is 59.8 Å². The Morgan fingerprint density at radius 3 is 1.43 bits per heavy atom. The van der Waals surface area contributed by atoms with E-state index in [4.69, 9.17) is 16.0 Å². The lowest BCUT2D eigenvalue weighted by Crippen LogP contribution is -2.46. The van der Waals surface area contributed by atoms with Gasteiger partial charge in [0.05, 0.1) is 36.0 Å². The monoisotopic (exact) mass is 684 g/mol. The van der Waals surface area contributed by atoms with Crippen LogP contribution in [0.2, 0.25) is 0 Å². The number of primary sulfonamides is 2. The molecule has 46 heavy (non-hydrogen) atoms. The molecule has 0 saturated heterocycles. The van der Waals surface area contributed by atoms with Crippen LogP contribution in [-0.4, -0.2) is 108 Å². The lowest BCUT2D eigenvalue weighted by atomic mass is 10.2. The molecule has 2 rings (SSSR count). The summed E-state index contributed by atoms with van der Waals surface area (Å²) in [4.78, 5) is 52.2. The quantitative estimate of drug-likeness (QED) is 0.0785. The Hall–Kier alpha value is -3.98. The molecule has 0 unspecified atom stereocenters. The average molecular weight is 685 g/mol. The number of anilines is 2. The second kappa shape index (κ2) is 18.2. The molecule has 0 aliphatic carbocycles. The van der Waals surface area contributed by atoms with Gasteiger partial charge in [0.25, 0.3) is 0 Å². The molecule has 0 bridgehead atoms. The van der Waals surface area contributed by atoms with Crippen molar-refractivity contribution >= 4 is 55.1 Å². The minimum Gasteiger partial charge on any atom is -0.480 e. The first-order valence-corrected chi connectivity index (χ1v) is 17.1. The number of carbonyl (C=O) groups is 4. The van der Waals surface area contributed by atoms with Crippen LogP contribution < -0.4 is 32.0 Å². The highest BCUT2D eigenvalue weighted by molar-refractivity contribution is 7.89. The Labute approximate surface area is 267 Å². The van der Waals surface area contributed by atoms with Crippen molar-refractivity contribution in [2.75, 3.05) is 63.0 Å². The first-order chi connectivity index (χ1) is 21.6. The number of carboxylic acids is 1. The number of sulfonamides is 2. The highest BCUT2D eigenvalue weighted by Crippen LogP contribution is 2.14. The normalized spacial score (nSPS) is 11.8. The van der Waals surface area contributed by atoms with E-state index in [2.05, 4.69) is 16.0 Å². The smallest absolute Gasteiger partial charge is 0.317 e. The molecule has 17 nitrogen and oxygen atoms in total. The standard InChI is InChI=1S/C27H40N8O9S2/c28-12-2-1-3-13-31-24(36)16-34(17-25(37)32-20-4-8-22(9-5-20)45(29,41)42)14-15-35(19-27(39)40)18-26(38)33-21-6-10-23(11-7-21)46(30,43)44/h4-11H,1-3,12-19,28H2,(H,31,36)(H,32,37)(H,33,38)(H,39,40)(H2,29,41,42)(H2,30,43,44). The average Bonchev–Trinajstić information content (AvgIpc) is 2.95. The number of nitrogens with two attached hydrogens (primary N) is 3. The SMILES string of the molecule is NCCCCCNC(=O)CN(CCN(CC(=O)O)CC(=O)Nc1ccc(S(N)(=O)=O)cc1)CC(=O)Nc1ccc(S(N)(=O)=O)cc1. The number of nitrogens with zero attached hydrogens (tertiary/aromatic N) is 2. The number of unbranched alkanes of at least 4 members (excludes halogenated alkanes) is 2. The highest BCUT2D eigenvalue weighted by Gasteiger charge is 2.20. The van der Waals surface area contributed by atoms with Crippen molar-refractivity contribution in [3.05, 3.63) is 48.5 Å². The molecule has 0 aromatic heterocycles. The molecule has 2 aromatic rings. The van der Waals surface area contributed by atoms with E-state index >= 15 is 0 Å². The number of carbonyl (C=O) groups excluding carboxylic acids is 3. The molecule has 254 valence electrons. The molecule has 0 aliphatic rings. The van der Waals surface area contributed by atoms with Gasteiger partial charge in [-0.15, -0.1) is 0 Å². The van der Waals surface area contributed by atoms with E-state index in [1.807, 2.05) is 0 Å². The van der Waals surface area contributed by atoms with Crippen molar-refractivity contribution in [3.8, 4) is 0 Å². The molecule has 0 radical (unpaired) electrons. The fourth-order valence-electron chi connectivity index (χ4n) is 4.10. The third-order valence-electron chi connectivity index (χ3n) is 6.33. The van der Waals surface area contributed by atoms with Crippen LogP contribution in [0.25, 0.3) is 0 Å². The molecule has 10 N–H and O–H groups in total. The predicted octanol–water partition coefficient (Wildman–Crippen LogP) is -1.51. The van der Waals surface area contributed by atoms with E-state index in [9.17, 15) is 41.1 Å². The Morgan fingerprint density at radius 2 is 1.04 bits per heavy atom. The van der Waals surface area contributed by atoms with Gasteiger partial charge in [-0.2, -0.15) is 0 Å². The first-order valence-electron chi connectivity index (χ1n) is 14.1. The molecule has 0 spiro atoms. The Bertz CT molecular complexity index is 1550. The van der Waals surface area contributed by atoms with Crippen molar-refractivity contribution < 1.29 is 41.1 Å². The number of benzene rings is 2. The molecule has 0 heterocycles. The van der Waals surface area contributed by atoms with Gasteiger partial charge in [-0.25, -0.2) is 27.1 Å². The molecule has 19 heteroatoms. The zero-order chi connectivity index (χ0) is 34.3. The molecule has 2 aromatic carbocycles. The van der Waals surface area contributed by atoms with Crippen molar-refractivity contribution in [1.82, 2.24) is 15.1 Å². The van der Waals surface area contributed by atoms with Crippen LogP contribution in [0.4, 0.5) is 11.4 Å². The van der Waals surface area contributed by atoms with E-state index in [1.54, 1.807) is 0 Å². The second-order valence-electron chi connectivity index (χ2n) is 10.2. The minimum atomic E-state index is -3.93. The summed E-state index contributed by atoms with van der Waals surface area (Å²) in [6.45, 7) is -0.462. The summed E-state index contributed by atoms with van der Waals surface area (Å²) < 4.78 is 45.9. The number of aliphatic carboxylic acids is 1. The minimum absolute atomic E-state index is 0.0159. The molecule has 0 saturated carbocycles. The van der Waals surface area contributed by atoms with Gasteiger partial charge in [-0.3, -0.25) is 29.0 Å². The maximum Gasteiger partial charge on any atom is 0.317 e. The summed E-state index contributed by atoms with van der Waals surface area (Å²) in [5, 5.41) is 27.5. The van der Waals surface area contributed by atoms with Crippen molar-refractivity contribution in [1.29, 1.82) is 0 Å². The van der Waals surface area contributed by atoms with Crippen LogP contribution in [0.5, 0.6) is 0 Å². The van der Waals surface area contributed by atoms with Crippen molar-refractivity contribution in [2.24, 2.45) is 16.0 Å². The molecule has 3 amide bonds. The van der Waals surface area contributed by atoms with E-state index in [1.165, 1.54) is 58.3 Å². The molecule has 0 aliphatic heterocycles. The summed E-state index contributed by atoms with van der Waals surface area (Å²) in [7, 11) is -7.85. The lowest BCUT2D eigenvalue weighted by Gasteiger charge is -2.26. The Balaban J connectivity index is 2.08. The fraction of sp³-hybridized carbons (Fsp3) is 0.407. The number of hydrogen-bond donors (Lipinski definition) is 7. The number of amides is 3. The summed E-state index contributed by atoms with van der Waals surface area (Å²) in [5.74, 6) is -2.71. The second-order valence-corrected chi connectivity index (χ2v) is 13.4. The lowest BCUT2D eigenvalue weighted by molar-refractivity contribution is -0.139. The van der Waals surface area contributed by atoms with Gasteiger partial charge in [-0.1, -0.05) is 6.42 Å². The zero-order valence-corrected chi connectivity index (χ0v) is 26.7. The number of carboxylic acid groups (broad SMARTS) is 1. The van der Waals surface area contributed by atoms with E-state index < -0.39 is 44.4 Å². The summed E-state index contributed by atoms with van der Waals surface area (Å²) in [6.07, 6.45) is 2.36. The van der Waals surface area contributed by atoms with Gasteiger partial charge in [0.2, 0.25) is 37.8 Å². The van der Waals surface area contributed by atoms with Crippen LogP contribution in [0.1, 0.15) is 19.3 Å². The van der Waals surface area contributed by atoms with Crippen molar-refractivity contribution in [3.63, 3.8) is 0 Å². The molecular weight excluding hydrogens is 644 g/mol. The van der Waals surface area contributed by atoms with Crippen LogP contribution in [-0.2, 0) is 39.2 Å². The van der Waals surface area contributed by atoms with Gasteiger partial charge < -0.3 is 26.8 Å². The summed E-state index contributed by atoms with van der Waals surface area (Å²) in [5.41, 5.74) is 6.02. The van der Waals surface area contributed by atoms with Crippen LogP contribution in [0, 0.1) is 0 Å². The highest BCUT2D eigenvalue weighted by atomic mass is 32.2. The Kier molecular flexibility index (Phi) is 15.1. The van der Waals surface area contributed by atoms with Gasteiger partial charge in [0.1, 0.15) is 0 Å². The third kappa shape index (κ3) is 14.9. The van der Waals surface area contributed by atoms with Gasteiger partial charge >= 0.3 is 5.97 Å². The maximum atomic E-state index is 12.9. The topological polar surface area (TPSA) is 277 Å². The maximum absolute atomic E-state index is 12.9.